The summed E-state index contributed by atoms with van der Waals surface area (Å²) in [7, 11) is 0. The average Bonchev–Trinajstić information content (AvgIpc) is 2.23. The monoisotopic (exact) mass is 361 g/mol. The van der Waals surface area contributed by atoms with Crippen molar-refractivity contribution in [2.75, 3.05) is 5.32 Å². The maximum Gasteiger partial charge on any atom is 0.303 e. The number of carboxylic acids is 1. The Balaban J connectivity index is 2.59. The van der Waals surface area contributed by atoms with Gasteiger partial charge in [-0.2, -0.15) is 0 Å². The van der Waals surface area contributed by atoms with Crippen LogP contribution in [0.4, 0.5) is 5.69 Å². The van der Waals surface area contributed by atoms with Crippen LogP contribution in [0.15, 0.2) is 18.2 Å². The smallest absolute Gasteiger partial charge is 0.303 e. The third kappa shape index (κ3) is 4.64. The molecule has 98 valence electrons. The Morgan fingerprint density at radius 1 is 1.39 bits per heavy atom. The van der Waals surface area contributed by atoms with E-state index in [1.807, 2.05) is 25.1 Å². The highest BCUT2D eigenvalue weighted by Gasteiger charge is 2.13. The first kappa shape index (κ1) is 14.9. The van der Waals surface area contributed by atoms with E-state index in [1.54, 1.807) is 6.92 Å². The predicted molar refractivity (Wildman–Crippen MR) is 78.6 cm³/mol. The van der Waals surface area contributed by atoms with Crippen LogP contribution in [-0.4, -0.2) is 17.0 Å². The van der Waals surface area contributed by atoms with Gasteiger partial charge in [-0.25, -0.2) is 0 Å². The molecule has 0 aliphatic carbocycles. The predicted octanol–water partition coefficient (Wildman–Crippen LogP) is 3.04. The van der Waals surface area contributed by atoms with Gasteiger partial charge < -0.3 is 10.4 Å². The molecule has 0 bridgehead atoms. The highest BCUT2D eigenvalue weighted by molar-refractivity contribution is 14.1. The van der Waals surface area contributed by atoms with Gasteiger partial charge in [0.15, 0.2) is 0 Å². The number of benzene rings is 1. The molecule has 1 amide bonds. The Hall–Kier alpha value is -1.11. The van der Waals surface area contributed by atoms with Gasteiger partial charge in [-0.3, -0.25) is 9.59 Å². The molecule has 1 aromatic rings. The van der Waals surface area contributed by atoms with Crippen molar-refractivity contribution >= 4 is 40.2 Å². The van der Waals surface area contributed by atoms with Gasteiger partial charge in [0, 0.05) is 22.1 Å². The standard InChI is InChI=1S/C13H16INO3/c1-8(7-13(17)18)6-12(16)15-11-5-3-4-10(14)9(11)2/h3-5,8H,6-7H2,1-2H3,(H,15,16)(H,17,18). The quantitative estimate of drug-likeness (QED) is 0.793. The third-order valence-electron chi connectivity index (χ3n) is 2.60. The highest BCUT2D eigenvalue weighted by atomic mass is 127. The summed E-state index contributed by atoms with van der Waals surface area (Å²) < 4.78 is 1.09. The minimum atomic E-state index is -0.874. The van der Waals surface area contributed by atoms with E-state index < -0.39 is 5.97 Å². The molecule has 0 aliphatic rings. The van der Waals surface area contributed by atoms with Crippen molar-refractivity contribution in [1.82, 2.24) is 0 Å². The van der Waals surface area contributed by atoms with Crippen molar-refractivity contribution in [2.24, 2.45) is 5.92 Å². The maximum atomic E-state index is 11.8. The normalized spacial score (nSPS) is 11.9. The molecule has 0 saturated carbocycles. The van der Waals surface area contributed by atoms with E-state index in [0.717, 1.165) is 14.8 Å². The van der Waals surface area contributed by atoms with Crippen LogP contribution in [0.5, 0.6) is 0 Å². The lowest BCUT2D eigenvalue weighted by Gasteiger charge is -2.12. The lowest BCUT2D eigenvalue weighted by atomic mass is 10.0. The van der Waals surface area contributed by atoms with E-state index in [1.165, 1.54) is 0 Å². The van der Waals surface area contributed by atoms with Crippen molar-refractivity contribution in [1.29, 1.82) is 0 Å². The van der Waals surface area contributed by atoms with E-state index in [4.69, 9.17) is 5.11 Å². The molecule has 0 aromatic heterocycles. The Labute approximate surface area is 120 Å². The Morgan fingerprint density at radius 3 is 2.67 bits per heavy atom. The summed E-state index contributed by atoms with van der Waals surface area (Å²) in [6.45, 7) is 3.70. The molecule has 2 N–H and O–H groups in total. The molecule has 1 unspecified atom stereocenters. The van der Waals surface area contributed by atoms with E-state index >= 15 is 0 Å². The molecule has 0 radical (unpaired) electrons. The van der Waals surface area contributed by atoms with Crippen LogP contribution in [0, 0.1) is 16.4 Å². The number of amides is 1. The van der Waals surface area contributed by atoms with Crippen LogP contribution in [0.2, 0.25) is 0 Å². The summed E-state index contributed by atoms with van der Waals surface area (Å²) in [4.78, 5) is 22.3. The Morgan fingerprint density at radius 2 is 2.06 bits per heavy atom. The van der Waals surface area contributed by atoms with Crippen molar-refractivity contribution in [3.8, 4) is 0 Å². The van der Waals surface area contributed by atoms with Crippen molar-refractivity contribution in [3.05, 3.63) is 27.3 Å². The van der Waals surface area contributed by atoms with Gasteiger partial charge in [0.1, 0.15) is 0 Å². The molecular formula is C13H16INO3. The second-order valence-corrected chi connectivity index (χ2v) is 5.53. The summed E-state index contributed by atoms with van der Waals surface area (Å²) in [6, 6.07) is 5.70. The van der Waals surface area contributed by atoms with Crippen molar-refractivity contribution < 1.29 is 14.7 Å². The molecule has 4 nitrogen and oxygen atoms in total. The van der Waals surface area contributed by atoms with Gasteiger partial charge in [-0.1, -0.05) is 13.0 Å². The second kappa shape index (κ2) is 6.72. The number of carbonyl (C=O) groups excluding carboxylic acids is 1. The van der Waals surface area contributed by atoms with Gasteiger partial charge in [-0.05, 0) is 53.1 Å². The SMILES string of the molecule is Cc1c(I)cccc1NC(=O)CC(C)CC(=O)O. The van der Waals surface area contributed by atoms with E-state index in [-0.39, 0.29) is 24.7 Å². The second-order valence-electron chi connectivity index (χ2n) is 4.37. The summed E-state index contributed by atoms with van der Waals surface area (Å²) >= 11 is 2.21. The molecule has 5 heteroatoms. The van der Waals surface area contributed by atoms with Crippen molar-refractivity contribution in [3.63, 3.8) is 0 Å². The molecule has 1 rings (SSSR count). The van der Waals surface area contributed by atoms with Gasteiger partial charge in [0.25, 0.3) is 0 Å². The minimum Gasteiger partial charge on any atom is -0.481 e. The largest absolute Gasteiger partial charge is 0.481 e. The molecule has 1 aromatic carbocycles. The zero-order valence-corrected chi connectivity index (χ0v) is 12.5. The zero-order chi connectivity index (χ0) is 13.7. The van der Waals surface area contributed by atoms with Crippen LogP contribution in [0.25, 0.3) is 0 Å². The molecule has 0 spiro atoms. The minimum absolute atomic E-state index is 0.0126. The van der Waals surface area contributed by atoms with Crippen LogP contribution in [0.3, 0.4) is 0 Å². The molecule has 0 saturated heterocycles. The lowest BCUT2D eigenvalue weighted by molar-refractivity contribution is -0.138. The highest BCUT2D eigenvalue weighted by Crippen LogP contribution is 2.21. The summed E-state index contributed by atoms with van der Waals surface area (Å²) in [5, 5.41) is 11.5. The molecule has 0 fully saturated rings. The van der Waals surface area contributed by atoms with Crippen molar-refractivity contribution in [2.45, 2.75) is 26.7 Å². The van der Waals surface area contributed by atoms with E-state index in [0.29, 0.717) is 0 Å². The first-order valence-corrected chi connectivity index (χ1v) is 6.74. The van der Waals surface area contributed by atoms with Crippen LogP contribution < -0.4 is 5.32 Å². The first-order chi connectivity index (χ1) is 8.40. The number of hydrogen-bond donors (Lipinski definition) is 2. The third-order valence-corrected chi connectivity index (χ3v) is 3.77. The number of carbonyl (C=O) groups is 2. The Bertz CT molecular complexity index is 460. The number of carboxylic acid groups (broad SMARTS) is 1. The first-order valence-electron chi connectivity index (χ1n) is 5.67. The molecule has 0 aliphatic heterocycles. The van der Waals surface area contributed by atoms with Gasteiger partial charge in [-0.15, -0.1) is 0 Å². The van der Waals surface area contributed by atoms with Gasteiger partial charge in [0.2, 0.25) is 5.91 Å². The average molecular weight is 361 g/mol. The molecule has 18 heavy (non-hydrogen) atoms. The fourth-order valence-corrected chi connectivity index (χ4v) is 2.13. The number of halogens is 1. The number of rotatable bonds is 5. The summed E-state index contributed by atoms with van der Waals surface area (Å²) in [5.74, 6) is -1.18. The number of hydrogen-bond acceptors (Lipinski definition) is 2. The summed E-state index contributed by atoms with van der Waals surface area (Å²) in [5.41, 5.74) is 1.81. The lowest BCUT2D eigenvalue weighted by Crippen LogP contribution is -2.17. The van der Waals surface area contributed by atoms with E-state index in [2.05, 4.69) is 27.9 Å². The fraction of sp³-hybridized carbons (Fsp3) is 0.385. The van der Waals surface area contributed by atoms with Gasteiger partial charge in [0.05, 0.1) is 0 Å². The summed E-state index contributed by atoms with van der Waals surface area (Å²) in [6.07, 6.45) is 0.232. The number of anilines is 1. The van der Waals surface area contributed by atoms with E-state index in [9.17, 15) is 9.59 Å². The van der Waals surface area contributed by atoms with Crippen LogP contribution in [0.1, 0.15) is 25.3 Å². The zero-order valence-electron chi connectivity index (χ0n) is 10.4. The van der Waals surface area contributed by atoms with Gasteiger partial charge >= 0.3 is 5.97 Å². The Kier molecular flexibility index (Phi) is 5.58. The molecule has 0 heterocycles. The van der Waals surface area contributed by atoms with Crippen LogP contribution in [-0.2, 0) is 9.59 Å². The topological polar surface area (TPSA) is 66.4 Å². The van der Waals surface area contributed by atoms with Crippen LogP contribution >= 0.6 is 22.6 Å². The molecular weight excluding hydrogens is 345 g/mol. The molecule has 1 atom stereocenters. The number of aliphatic carboxylic acids is 1. The fourth-order valence-electron chi connectivity index (χ4n) is 1.63. The number of nitrogens with one attached hydrogen (secondary N) is 1. The maximum absolute atomic E-state index is 11.8.